The zero-order chi connectivity index (χ0) is 21.0. The van der Waals surface area contributed by atoms with Gasteiger partial charge in [0.25, 0.3) is 0 Å². The fourth-order valence-electron chi connectivity index (χ4n) is 3.17. The molecule has 2 N–H and O–H groups in total. The molecule has 7 nitrogen and oxygen atoms in total. The van der Waals surface area contributed by atoms with Crippen LogP contribution in [0.5, 0.6) is 0 Å². The van der Waals surface area contributed by atoms with E-state index in [1.165, 1.54) is 0 Å². The third-order valence-corrected chi connectivity index (χ3v) is 4.64. The van der Waals surface area contributed by atoms with Gasteiger partial charge in [0, 0.05) is 31.3 Å². The molecular formula is C19H25F3N4O3. The Balaban J connectivity index is 1.84. The fourth-order valence-corrected chi connectivity index (χ4v) is 3.17. The zero-order valence-electron chi connectivity index (χ0n) is 16.4. The van der Waals surface area contributed by atoms with Gasteiger partial charge in [0.2, 0.25) is 0 Å². The number of anilines is 2. The van der Waals surface area contributed by atoms with Crippen LogP contribution in [0.1, 0.15) is 36.1 Å². The molecule has 2 aromatic heterocycles. The number of ether oxygens (including phenoxy) is 1. The molecule has 1 fully saturated rings. The third-order valence-electron chi connectivity index (χ3n) is 4.64. The average Bonchev–Trinajstić information content (AvgIpc) is 3.05. The first kappa shape index (κ1) is 21.4. The number of nitrogens with zero attached hydrogens (tertiary/aromatic N) is 3. The third kappa shape index (κ3) is 5.83. The lowest BCUT2D eigenvalue weighted by molar-refractivity contribution is -0.115. The minimum Gasteiger partial charge on any atom is -0.445 e. The normalized spacial score (nSPS) is 16.1. The number of nitrogens with one attached hydrogen (secondary N) is 1. The van der Waals surface area contributed by atoms with E-state index in [1.54, 1.807) is 12.1 Å². The maximum absolute atomic E-state index is 12.6. The quantitative estimate of drug-likeness (QED) is 0.721. The Labute approximate surface area is 166 Å². The molecule has 2 aromatic rings. The molecule has 3 rings (SSSR count). The lowest BCUT2D eigenvalue weighted by Gasteiger charge is -2.29. The molecule has 10 heteroatoms. The van der Waals surface area contributed by atoms with E-state index in [0.717, 1.165) is 11.5 Å². The molecule has 1 saturated heterocycles. The first-order valence-corrected chi connectivity index (χ1v) is 9.53. The van der Waals surface area contributed by atoms with E-state index in [9.17, 15) is 18.3 Å². The van der Waals surface area contributed by atoms with Crippen LogP contribution in [0, 0.1) is 6.92 Å². The number of hydrogen-bond acceptors (Lipinski definition) is 7. The predicted octanol–water partition coefficient (Wildman–Crippen LogP) is 3.03. The molecule has 0 spiro atoms. The average molecular weight is 414 g/mol. The van der Waals surface area contributed by atoms with Crippen LogP contribution in [-0.2, 0) is 17.6 Å². The van der Waals surface area contributed by atoms with Gasteiger partial charge in [-0.3, -0.25) is 0 Å². The van der Waals surface area contributed by atoms with Crippen molar-refractivity contribution in [3.63, 3.8) is 0 Å². The summed E-state index contributed by atoms with van der Waals surface area (Å²) in [4.78, 5) is 10.5. The van der Waals surface area contributed by atoms with E-state index in [4.69, 9.17) is 9.15 Å². The second-order valence-electron chi connectivity index (χ2n) is 6.89. The zero-order valence-corrected chi connectivity index (χ0v) is 16.4. The molecule has 1 unspecified atom stereocenters. The van der Waals surface area contributed by atoms with Gasteiger partial charge >= 0.3 is 6.18 Å². The minimum atomic E-state index is -4.37. The van der Waals surface area contributed by atoms with Gasteiger partial charge in [0.1, 0.15) is 24.2 Å². The smallest absolute Gasteiger partial charge is 0.405 e. The number of oxazole rings is 1. The van der Waals surface area contributed by atoms with Crippen LogP contribution in [0.2, 0.25) is 0 Å². The lowest BCUT2D eigenvalue weighted by Crippen LogP contribution is -2.36. The van der Waals surface area contributed by atoms with Gasteiger partial charge in [-0.2, -0.15) is 13.2 Å². The van der Waals surface area contributed by atoms with Crippen molar-refractivity contribution in [3.05, 3.63) is 35.2 Å². The summed E-state index contributed by atoms with van der Waals surface area (Å²) in [6.07, 6.45) is -4.67. The molecule has 1 aliphatic rings. The van der Waals surface area contributed by atoms with Gasteiger partial charge in [0.05, 0.1) is 31.0 Å². The summed E-state index contributed by atoms with van der Waals surface area (Å²) in [5.74, 6) is 1.17. The highest BCUT2D eigenvalue weighted by atomic mass is 19.4. The number of aliphatic hydroxyl groups excluding tert-OH is 1. The molecular weight excluding hydrogens is 389 g/mol. The number of hydrogen-bond donors (Lipinski definition) is 2. The predicted molar refractivity (Wildman–Crippen MR) is 101 cm³/mol. The number of pyridine rings is 1. The highest BCUT2D eigenvalue weighted by Gasteiger charge is 2.27. The van der Waals surface area contributed by atoms with Crippen LogP contribution in [0.25, 0.3) is 0 Å². The maximum Gasteiger partial charge on any atom is 0.405 e. The van der Waals surface area contributed by atoms with E-state index in [-0.39, 0.29) is 17.9 Å². The summed E-state index contributed by atoms with van der Waals surface area (Å²) in [7, 11) is 0. The number of halogens is 3. The monoisotopic (exact) mass is 414 g/mol. The van der Waals surface area contributed by atoms with E-state index >= 15 is 0 Å². The summed E-state index contributed by atoms with van der Waals surface area (Å²) in [5.41, 5.74) is 1.70. The van der Waals surface area contributed by atoms with Crippen molar-refractivity contribution in [2.45, 2.75) is 39.0 Å². The van der Waals surface area contributed by atoms with Crippen LogP contribution in [0.3, 0.4) is 0 Å². The largest absolute Gasteiger partial charge is 0.445 e. The van der Waals surface area contributed by atoms with Crippen molar-refractivity contribution in [2.24, 2.45) is 0 Å². The Kier molecular flexibility index (Phi) is 6.63. The van der Waals surface area contributed by atoms with Crippen molar-refractivity contribution in [1.82, 2.24) is 9.97 Å². The summed E-state index contributed by atoms with van der Waals surface area (Å²) < 4.78 is 48.9. The minimum absolute atomic E-state index is 0.0539. The van der Waals surface area contributed by atoms with E-state index in [1.807, 2.05) is 18.7 Å². The molecule has 0 aromatic carbocycles. The number of morpholine rings is 1. The molecule has 160 valence electrons. The number of alkyl halides is 3. The van der Waals surface area contributed by atoms with Crippen molar-refractivity contribution in [2.75, 3.05) is 43.1 Å². The van der Waals surface area contributed by atoms with E-state index < -0.39 is 18.8 Å². The molecule has 0 radical (unpaired) electrons. The molecule has 0 saturated carbocycles. The highest BCUT2D eigenvalue weighted by Crippen LogP contribution is 2.27. The van der Waals surface area contributed by atoms with Crippen LogP contribution in [0.4, 0.5) is 24.7 Å². The number of rotatable bonds is 7. The highest BCUT2D eigenvalue weighted by molar-refractivity contribution is 5.56. The molecule has 0 bridgehead atoms. The van der Waals surface area contributed by atoms with Crippen molar-refractivity contribution < 1.29 is 27.4 Å². The van der Waals surface area contributed by atoms with E-state index in [0.29, 0.717) is 44.3 Å². The van der Waals surface area contributed by atoms with Crippen LogP contribution >= 0.6 is 0 Å². The Morgan fingerprint density at radius 2 is 1.97 bits per heavy atom. The van der Waals surface area contributed by atoms with Gasteiger partial charge < -0.3 is 24.5 Å². The topological polar surface area (TPSA) is 83.7 Å². The second kappa shape index (κ2) is 9.00. The molecule has 3 heterocycles. The molecule has 0 aliphatic carbocycles. The first-order chi connectivity index (χ1) is 13.7. The molecule has 1 atom stereocenters. The Morgan fingerprint density at radius 1 is 1.24 bits per heavy atom. The number of aryl methyl sites for hydroxylation is 2. The Bertz CT molecular complexity index is 820. The summed E-state index contributed by atoms with van der Waals surface area (Å²) in [6.45, 7) is 4.84. The van der Waals surface area contributed by atoms with Gasteiger partial charge in [0.15, 0.2) is 5.89 Å². The van der Waals surface area contributed by atoms with E-state index in [2.05, 4.69) is 15.3 Å². The van der Waals surface area contributed by atoms with Gasteiger partial charge in [-0.05, 0) is 13.0 Å². The molecule has 29 heavy (non-hydrogen) atoms. The second-order valence-corrected chi connectivity index (χ2v) is 6.89. The van der Waals surface area contributed by atoms with Crippen LogP contribution in [-0.4, -0.2) is 54.1 Å². The van der Waals surface area contributed by atoms with Gasteiger partial charge in [-0.25, -0.2) is 9.97 Å². The standard InChI is InChI=1S/C19H25F3N4O3/c1-3-16-12(2)24-18(29-16)10-15(27)14-8-13(26-4-6-28-7-5-26)9-17(25-14)23-11-19(20,21)22/h8-9,15,27H,3-7,10-11H2,1-2H3,(H,23,25). The summed E-state index contributed by atoms with van der Waals surface area (Å²) in [5, 5.41) is 13.0. The van der Waals surface area contributed by atoms with Crippen LogP contribution < -0.4 is 10.2 Å². The maximum atomic E-state index is 12.6. The van der Waals surface area contributed by atoms with Gasteiger partial charge in [-0.15, -0.1) is 0 Å². The summed E-state index contributed by atoms with van der Waals surface area (Å²) >= 11 is 0. The number of aliphatic hydroxyl groups is 1. The molecule has 0 amide bonds. The Morgan fingerprint density at radius 3 is 2.59 bits per heavy atom. The molecule has 1 aliphatic heterocycles. The number of aromatic nitrogens is 2. The Hall–Kier alpha value is -2.33. The summed E-state index contributed by atoms with van der Waals surface area (Å²) in [6, 6.07) is 3.24. The first-order valence-electron chi connectivity index (χ1n) is 9.53. The van der Waals surface area contributed by atoms with Crippen molar-refractivity contribution in [1.29, 1.82) is 0 Å². The fraction of sp³-hybridized carbons (Fsp3) is 0.579. The van der Waals surface area contributed by atoms with Crippen molar-refractivity contribution in [3.8, 4) is 0 Å². The SMILES string of the molecule is CCc1oc(CC(O)c2cc(N3CCOCC3)cc(NCC(F)(F)F)n2)nc1C. The van der Waals surface area contributed by atoms with Crippen molar-refractivity contribution >= 4 is 11.5 Å². The lowest BCUT2D eigenvalue weighted by atomic mass is 10.1. The van der Waals surface area contributed by atoms with Gasteiger partial charge in [-0.1, -0.05) is 6.92 Å². The van der Waals surface area contributed by atoms with Crippen LogP contribution in [0.15, 0.2) is 16.5 Å².